The van der Waals surface area contributed by atoms with Gasteiger partial charge in [-0.05, 0) is 81.3 Å². The fraction of sp³-hybridized carbons (Fsp3) is 0.320. The average molecular weight is 573 g/mol. The van der Waals surface area contributed by atoms with Crippen molar-refractivity contribution in [2.24, 2.45) is 0 Å². The first-order valence-electron chi connectivity index (χ1n) is 12.0. The maximum atomic E-state index is 14.8. The van der Waals surface area contributed by atoms with E-state index in [-0.39, 0.29) is 24.6 Å². The molecule has 0 saturated carbocycles. The van der Waals surface area contributed by atoms with E-state index in [0.717, 1.165) is 24.8 Å². The molecule has 36 heavy (non-hydrogen) atoms. The van der Waals surface area contributed by atoms with E-state index in [4.69, 9.17) is 44.2 Å². The number of carbonyl (C=O) groups is 1. The summed E-state index contributed by atoms with van der Waals surface area (Å²) >= 11 is 13.0. The summed E-state index contributed by atoms with van der Waals surface area (Å²) in [5.74, 6) is -0.197. The maximum absolute atomic E-state index is 14.8. The SMILES string of the molecule is [2H]P([B][3H])SO[C@H]1CC(Oc2ccc(/C=C(\C)C(C)=O)cc2F)O[C@@H]1/C(C)=C/COc1ccc(Cl)cc1Cl. The van der Waals surface area contributed by atoms with E-state index in [9.17, 15) is 9.18 Å². The molecule has 1 heterocycles. The number of ketones is 1. The van der Waals surface area contributed by atoms with Gasteiger partial charge in [0, 0.05) is 23.1 Å². The third-order valence-corrected chi connectivity index (χ3v) is 6.88. The smallest absolute Gasteiger partial charge is 0.203 e. The summed E-state index contributed by atoms with van der Waals surface area (Å²) in [6.45, 7) is 5.17. The highest BCUT2D eigenvalue weighted by Gasteiger charge is 2.39. The molecule has 1 fully saturated rings. The van der Waals surface area contributed by atoms with Gasteiger partial charge in [0.15, 0.2) is 17.3 Å². The lowest BCUT2D eigenvalue weighted by molar-refractivity contribution is -0.113. The first kappa shape index (κ1) is 26.1. The quantitative estimate of drug-likeness (QED) is 0.0890. The van der Waals surface area contributed by atoms with Gasteiger partial charge in [0.25, 0.3) is 0 Å². The summed E-state index contributed by atoms with van der Waals surface area (Å²) in [5, 5.41) is 0.895. The van der Waals surface area contributed by atoms with Crippen LogP contribution in [0.25, 0.3) is 6.08 Å². The zero-order valence-electron chi connectivity index (χ0n) is 21.9. The van der Waals surface area contributed by atoms with E-state index in [0.29, 0.717) is 26.9 Å². The van der Waals surface area contributed by atoms with Crippen molar-refractivity contribution in [3.8, 4) is 11.5 Å². The van der Waals surface area contributed by atoms with E-state index >= 15 is 0 Å². The molecule has 0 aromatic heterocycles. The van der Waals surface area contributed by atoms with Gasteiger partial charge < -0.3 is 18.4 Å². The van der Waals surface area contributed by atoms with Gasteiger partial charge in [-0.15, -0.1) is 0 Å². The Kier molecular flexibility index (Phi) is 10.0. The van der Waals surface area contributed by atoms with Gasteiger partial charge in [0.2, 0.25) is 6.29 Å². The van der Waals surface area contributed by atoms with Crippen molar-refractivity contribution in [3.63, 3.8) is 0 Å². The molecule has 0 amide bonds. The lowest BCUT2D eigenvalue weighted by Gasteiger charge is -2.19. The van der Waals surface area contributed by atoms with Crippen molar-refractivity contribution in [1.82, 2.24) is 0 Å². The van der Waals surface area contributed by atoms with E-state index in [1.54, 1.807) is 37.3 Å². The number of carbonyl (C=O) groups excluding carboxylic acids is 1. The van der Waals surface area contributed by atoms with Crippen molar-refractivity contribution in [1.29, 1.82) is 2.61 Å². The molecule has 1 aliphatic heterocycles. The van der Waals surface area contributed by atoms with Crippen molar-refractivity contribution < 1.29 is 27.6 Å². The molecule has 191 valence electrons. The second-order valence-corrected chi connectivity index (χ2v) is 10.5. The van der Waals surface area contributed by atoms with Crippen LogP contribution in [0, 0.1) is 5.82 Å². The summed E-state index contributed by atoms with van der Waals surface area (Å²) in [6, 6.07) is 9.38. The average Bonchev–Trinajstić information content (AvgIpc) is 3.28. The van der Waals surface area contributed by atoms with Crippen molar-refractivity contribution >= 4 is 61.9 Å². The van der Waals surface area contributed by atoms with Crippen LogP contribution in [0.5, 0.6) is 11.5 Å². The van der Waals surface area contributed by atoms with Gasteiger partial charge in [-0.2, -0.15) is 0 Å². The first-order chi connectivity index (χ1) is 18.1. The van der Waals surface area contributed by atoms with Crippen LogP contribution in [0.2, 0.25) is 10.0 Å². The molecule has 1 saturated heterocycles. The molecule has 2 aromatic rings. The fourth-order valence-corrected chi connectivity index (χ4v) is 4.72. The minimum absolute atomic E-state index is 0.00395. The van der Waals surface area contributed by atoms with Gasteiger partial charge >= 0.3 is 0 Å². The Morgan fingerprint density at radius 2 is 2.11 bits per heavy atom. The standard InChI is InChI=1S/C25H26BCl2FO5PS/c1-14(8-9-31-21-7-5-18(27)12-19(21)28)25-23(34-36-35-26)13-24(33-25)32-22-6-4-17(11-20(22)29)10-15(2)16(3)30/h4-8,10-12,23-26,35H,9,13H2,1-3H3/b14-8+,15-10+/t23-,24?,25+,35?/m0/s1/i26T,35D. The predicted octanol–water partition coefficient (Wildman–Crippen LogP) is 7.09. The number of ether oxygens (including phenoxy) is 3. The number of Topliss-reactive ketones (excluding diaryl/α,β-unsaturated/α-hetero) is 1. The van der Waals surface area contributed by atoms with Gasteiger partial charge in [-0.1, -0.05) is 36.9 Å². The molecule has 2 unspecified atom stereocenters. The number of hydrogen-bond donors (Lipinski definition) is 0. The van der Waals surface area contributed by atoms with Crippen molar-refractivity contribution in [3.05, 3.63) is 75.0 Å². The zero-order valence-corrected chi connectivity index (χ0v) is 23.1. The Morgan fingerprint density at radius 3 is 2.81 bits per heavy atom. The summed E-state index contributed by atoms with van der Waals surface area (Å²) in [6.07, 6.45) is 1.84. The molecule has 0 N–H and O–H groups in total. The number of benzene rings is 2. The van der Waals surface area contributed by atoms with Gasteiger partial charge in [-0.25, -0.2) is 4.39 Å². The second-order valence-electron chi connectivity index (χ2n) is 8.06. The number of halogens is 3. The van der Waals surface area contributed by atoms with Crippen LogP contribution in [-0.4, -0.2) is 41.0 Å². The number of allylic oxidation sites excluding steroid dienone is 1. The first-order valence-corrected chi connectivity index (χ1v) is 14.0. The van der Waals surface area contributed by atoms with Crippen LogP contribution in [0.3, 0.4) is 0 Å². The highest BCUT2D eigenvalue weighted by atomic mass is 35.5. The Hall–Kier alpha value is -1.54. The monoisotopic (exact) mass is 572 g/mol. The molecular formula is C25H26BCl2FO5PS. The van der Waals surface area contributed by atoms with Gasteiger partial charge in [0.1, 0.15) is 32.1 Å². The van der Waals surface area contributed by atoms with E-state index < -0.39 is 31.9 Å². The molecule has 0 aliphatic carbocycles. The lowest BCUT2D eigenvalue weighted by Crippen LogP contribution is -2.24. The second kappa shape index (κ2) is 13.8. The summed E-state index contributed by atoms with van der Waals surface area (Å²) < 4.78 is 53.3. The van der Waals surface area contributed by atoms with Crippen LogP contribution in [-0.2, 0) is 13.7 Å². The van der Waals surface area contributed by atoms with Crippen LogP contribution in [0.1, 0.15) is 32.8 Å². The Balaban J connectivity index is 1.70. The molecule has 11 heteroatoms. The molecule has 2 aromatic carbocycles. The Bertz CT molecular complexity index is 1210. The summed E-state index contributed by atoms with van der Waals surface area (Å²) in [4.78, 5) is 11.5. The topological polar surface area (TPSA) is 54.0 Å². The summed E-state index contributed by atoms with van der Waals surface area (Å²) in [5.41, 5.74) is 1.85. The van der Waals surface area contributed by atoms with Crippen molar-refractivity contribution in [2.45, 2.75) is 45.7 Å². The van der Waals surface area contributed by atoms with Gasteiger partial charge in [0.05, 0.1) is 6.30 Å². The molecule has 0 spiro atoms. The third-order valence-electron chi connectivity index (χ3n) is 5.41. The van der Waals surface area contributed by atoms with E-state index in [2.05, 4.69) is 0 Å². The highest BCUT2D eigenvalue weighted by molar-refractivity contribution is 8.53. The molecule has 1 aliphatic rings. The third kappa shape index (κ3) is 8.24. The highest BCUT2D eigenvalue weighted by Crippen LogP contribution is 2.37. The normalized spacial score (nSPS) is 22.0. The number of hydrogen-bond acceptors (Lipinski definition) is 6. The van der Waals surface area contributed by atoms with E-state index in [1.807, 2.05) is 13.0 Å². The van der Waals surface area contributed by atoms with Crippen molar-refractivity contribution in [2.75, 3.05) is 6.61 Å². The minimum atomic E-state index is -1.53. The molecule has 4 atom stereocenters. The lowest BCUT2D eigenvalue weighted by atomic mass is 10.1. The van der Waals surface area contributed by atoms with Gasteiger partial charge in [-0.3, -0.25) is 4.79 Å². The van der Waals surface area contributed by atoms with E-state index in [1.165, 1.54) is 19.1 Å². The molecule has 3 rings (SSSR count). The van der Waals surface area contributed by atoms with Crippen LogP contribution in [0.15, 0.2) is 53.6 Å². The fourth-order valence-electron chi connectivity index (χ4n) is 3.43. The minimum Gasteiger partial charge on any atom is -0.488 e. The molecule has 5 nitrogen and oxygen atoms in total. The molecule has 1 radical (unpaired) electrons. The number of rotatable bonds is 12. The predicted molar refractivity (Wildman–Crippen MR) is 148 cm³/mol. The van der Waals surface area contributed by atoms with Crippen LogP contribution in [0.4, 0.5) is 4.39 Å². The Labute approximate surface area is 230 Å². The molecular weight excluding hydrogens is 544 g/mol. The van der Waals surface area contributed by atoms with Crippen LogP contribution >= 0.6 is 42.5 Å². The van der Waals surface area contributed by atoms with Crippen LogP contribution < -0.4 is 9.47 Å². The zero-order chi connectivity index (χ0) is 27.8. The maximum Gasteiger partial charge on any atom is 0.203 e. The largest absolute Gasteiger partial charge is 0.488 e. The Morgan fingerprint density at radius 1 is 1.33 bits per heavy atom. The summed E-state index contributed by atoms with van der Waals surface area (Å²) in [7, 11) is -0.515. The molecule has 0 bridgehead atoms.